The molecule has 29 nitrogen and oxygen atoms in total. The first-order valence-corrected chi connectivity index (χ1v) is 46.6. The molecule has 3 saturated heterocycles. The summed E-state index contributed by atoms with van der Waals surface area (Å²) in [6.07, 6.45) is 2.77. The molecule has 5 aromatic heterocycles. The SMILES string of the molecule is Cc1c(Oc2ccccc2CCC(=O)Nc2ccc(C3CCC(=O)NC3=O)cc2)cccc1-c1ccc(N2Cc3c(C(=O)Nc4nc5ccccc5s4)cccc3C(OC(=O)c3nc(N4CCc5cccc(C(=O)Nc6nc7ccccc7s6)c5C4)ccc3-c3cccc(OCCCN4CCN(CCCOc5ccc6c(C7CCC(=O)NC7=O)nn(C)c6c5)CC4)c3C)C2)nc1C(=O)O. The number of hydrogen-bond donors (Lipinski definition) is 6. The van der Waals surface area contributed by atoms with Crippen LogP contribution in [0, 0.1) is 13.8 Å². The van der Waals surface area contributed by atoms with Crippen molar-refractivity contribution in [3.05, 3.63) is 285 Å². The number of ether oxygens (including phenoxy) is 4. The number of esters is 1. The third kappa shape index (κ3) is 19.1. The van der Waals surface area contributed by atoms with Crippen molar-refractivity contribution in [1.82, 2.24) is 50.1 Å². The van der Waals surface area contributed by atoms with Crippen molar-refractivity contribution in [2.45, 2.75) is 103 Å². The Labute approximate surface area is 778 Å². The largest absolute Gasteiger partial charge is 0.493 e. The van der Waals surface area contributed by atoms with Gasteiger partial charge in [-0.2, -0.15) is 5.10 Å². The summed E-state index contributed by atoms with van der Waals surface area (Å²) in [7, 11) is 1.85. The first-order chi connectivity index (χ1) is 65.2. The fourth-order valence-corrected chi connectivity index (χ4v) is 20.2. The second-order valence-electron chi connectivity index (χ2n) is 34.1. The maximum Gasteiger partial charge on any atom is 0.358 e. The molecule has 134 heavy (non-hydrogen) atoms. The number of nitrogens with one attached hydrogen (secondary N) is 5. The van der Waals surface area contributed by atoms with E-state index in [2.05, 4.69) is 41.5 Å². The number of piperidine rings is 2. The van der Waals surface area contributed by atoms with Gasteiger partial charge in [-0.15, -0.1) is 0 Å². The molecule has 3 atom stereocenters. The lowest BCUT2D eigenvalue weighted by Gasteiger charge is -2.36. The Kier molecular flexibility index (Phi) is 25.6. The first-order valence-electron chi connectivity index (χ1n) is 44.9. The average Bonchev–Trinajstić information content (AvgIpc) is 1.50. The van der Waals surface area contributed by atoms with Crippen LogP contribution in [0.5, 0.6) is 23.0 Å². The minimum absolute atomic E-state index is 0.0192. The molecule has 0 bridgehead atoms. The summed E-state index contributed by atoms with van der Waals surface area (Å²) < 4.78 is 30.1. The van der Waals surface area contributed by atoms with E-state index in [1.54, 1.807) is 82.4 Å². The van der Waals surface area contributed by atoms with Gasteiger partial charge in [0.25, 0.3) is 11.8 Å². The second kappa shape index (κ2) is 38.9. The Bertz CT molecular complexity index is 6920. The van der Waals surface area contributed by atoms with Gasteiger partial charge in [0, 0.05) is 130 Å². The number of aromatic nitrogens is 6. The van der Waals surface area contributed by atoms with Gasteiger partial charge in [-0.1, -0.05) is 126 Å². The summed E-state index contributed by atoms with van der Waals surface area (Å²) in [5.74, 6) is -2.40. The van der Waals surface area contributed by atoms with Gasteiger partial charge in [0.15, 0.2) is 21.7 Å². The monoisotopic (exact) mass is 1830 g/mol. The van der Waals surface area contributed by atoms with Crippen molar-refractivity contribution in [3.8, 4) is 45.3 Å². The number of benzene rings is 9. The summed E-state index contributed by atoms with van der Waals surface area (Å²) in [5.41, 5.74) is 11.6. The lowest BCUT2D eigenvalue weighted by molar-refractivity contribution is -0.135. The molecule has 0 aliphatic carbocycles. The number of aryl methyl sites for hydroxylation is 2. The van der Waals surface area contributed by atoms with E-state index in [0.29, 0.717) is 135 Å². The molecule has 5 aliphatic heterocycles. The quantitative estimate of drug-likeness (QED) is 0.0144. The highest BCUT2D eigenvalue weighted by atomic mass is 32.1. The first kappa shape index (κ1) is 88.4. The normalized spacial score (nSPS) is 16.4. The second-order valence-corrected chi connectivity index (χ2v) is 36.2. The number of carboxylic acids is 1. The van der Waals surface area contributed by atoms with Gasteiger partial charge in [0.05, 0.1) is 63.2 Å². The zero-order chi connectivity index (χ0) is 92.2. The Morgan fingerprint density at radius 2 is 1.10 bits per heavy atom. The van der Waals surface area contributed by atoms with Crippen LogP contribution >= 0.6 is 22.7 Å². The summed E-state index contributed by atoms with van der Waals surface area (Å²) in [5, 5.41) is 31.6. The summed E-state index contributed by atoms with van der Waals surface area (Å²) >= 11 is 2.72. The molecule has 0 radical (unpaired) electrons. The molecule has 5 aliphatic rings. The van der Waals surface area contributed by atoms with E-state index in [1.165, 1.54) is 22.7 Å². The molecule has 678 valence electrons. The van der Waals surface area contributed by atoms with Gasteiger partial charge < -0.3 is 49.0 Å². The molecule has 14 aromatic rings. The number of carboxylic acid groups (broad SMARTS) is 1. The maximum absolute atomic E-state index is 16.2. The van der Waals surface area contributed by atoms with Gasteiger partial charge in [0.2, 0.25) is 29.5 Å². The van der Waals surface area contributed by atoms with Gasteiger partial charge in [-0.3, -0.25) is 59.5 Å². The Morgan fingerprint density at radius 1 is 0.530 bits per heavy atom. The van der Waals surface area contributed by atoms with E-state index in [4.69, 9.17) is 38.9 Å². The van der Waals surface area contributed by atoms with Gasteiger partial charge in [-0.25, -0.2) is 29.5 Å². The van der Waals surface area contributed by atoms with Crippen LogP contribution in [-0.4, -0.2) is 163 Å². The number of rotatable bonds is 29. The van der Waals surface area contributed by atoms with Gasteiger partial charge in [-0.05, 0) is 206 Å². The van der Waals surface area contributed by atoms with Crippen molar-refractivity contribution >= 4 is 135 Å². The lowest BCUT2D eigenvalue weighted by Crippen LogP contribution is -2.47. The molecule has 31 heteroatoms. The van der Waals surface area contributed by atoms with Crippen molar-refractivity contribution in [3.63, 3.8) is 0 Å². The third-order valence-electron chi connectivity index (χ3n) is 25.6. The number of thiazole rings is 2. The van der Waals surface area contributed by atoms with E-state index in [0.717, 1.165) is 111 Å². The summed E-state index contributed by atoms with van der Waals surface area (Å²) in [6.45, 7) is 10.8. The number of aromatic carboxylic acids is 1. The van der Waals surface area contributed by atoms with E-state index in [9.17, 15) is 38.7 Å². The third-order valence-corrected chi connectivity index (χ3v) is 27.5. The lowest BCUT2D eigenvalue weighted by atomic mass is 9.90. The maximum atomic E-state index is 16.2. The fraction of sp³-hybridized carbons (Fsp3) is 0.262. The molecule has 10 heterocycles. The number of nitrogens with zero attached hydrogens (tertiary/aromatic N) is 10. The van der Waals surface area contributed by atoms with Crippen LogP contribution in [0.4, 0.5) is 27.6 Å². The van der Waals surface area contributed by atoms with E-state index in [-0.39, 0.29) is 103 Å². The number of pyridine rings is 2. The standard InChI is InChI=1S/C103H95N15O14S2/c1-60-67(18-12-26-82(60)130-55-15-48-116-52-50-115(51-53-116)47-14-54-129-66-35-36-75-81(56-66)114(3)113-93(75)76-40-45-92(121)110-99(76)125)72-38-41-88(117-49-46-62-17-10-21-73(77(62)57-117)97(123)111-102-105-79-23-5-8-28-86(79)133-102)108-95(72)101(128)132-85-59-118(58-78-70(85)20-11-22-74(78)98(124)112-103-106-80-24-6-9-29-87(80)134-103)89-42-37-71(94(107-89)100(126)127)68-19-13-27-83(61(68)2)131-84-25-7-4-16-64(84)32-43-90(119)104-65-33-30-63(31-34-65)69-39-44-91(120)109-96(69)122/h4-13,16-31,33-38,41-42,56,69,76,85H,14-15,32,39-40,43-55,57-59H2,1-3H3,(H,104,119)(H,126,127)(H,105,111,123)(H,106,112,124)(H,109,120,122)(H,110,121,125). The van der Waals surface area contributed by atoms with Crippen LogP contribution in [0.3, 0.4) is 0 Å². The van der Waals surface area contributed by atoms with Crippen LogP contribution in [0.15, 0.2) is 212 Å². The Morgan fingerprint density at radius 3 is 1.77 bits per heavy atom. The van der Waals surface area contributed by atoms with E-state index < -0.39 is 35.8 Å². The van der Waals surface area contributed by atoms with Gasteiger partial charge in [0.1, 0.15) is 40.7 Å². The summed E-state index contributed by atoms with van der Waals surface area (Å²) in [4.78, 5) is 150. The van der Waals surface area contributed by atoms with Crippen molar-refractivity contribution in [2.24, 2.45) is 7.05 Å². The highest BCUT2D eigenvalue weighted by Crippen LogP contribution is 2.43. The van der Waals surface area contributed by atoms with E-state index >= 15 is 9.59 Å². The molecule has 3 fully saturated rings. The number of anilines is 5. The number of carbonyl (C=O) groups excluding carboxylic acids is 8. The summed E-state index contributed by atoms with van der Waals surface area (Å²) in [6, 6.07) is 64.7. The number of piperazine rings is 1. The molecule has 0 saturated carbocycles. The number of carbonyl (C=O) groups is 9. The van der Waals surface area contributed by atoms with Gasteiger partial charge >= 0.3 is 11.9 Å². The fourth-order valence-electron chi connectivity index (χ4n) is 18.5. The molecule has 9 aromatic carbocycles. The zero-order valence-electron chi connectivity index (χ0n) is 73.8. The zero-order valence-corrected chi connectivity index (χ0v) is 75.5. The smallest absolute Gasteiger partial charge is 0.358 e. The van der Waals surface area contributed by atoms with Crippen LogP contribution < -0.4 is 50.6 Å². The molecule has 0 spiro atoms. The van der Waals surface area contributed by atoms with Crippen LogP contribution in [0.1, 0.15) is 155 Å². The predicted octanol–water partition coefficient (Wildman–Crippen LogP) is 16.5. The number of fused-ring (bicyclic) bond motifs is 5. The van der Waals surface area contributed by atoms with E-state index in [1.807, 2.05) is 165 Å². The highest BCUT2D eigenvalue weighted by Gasteiger charge is 2.38. The van der Waals surface area contributed by atoms with Crippen LogP contribution in [0.2, 0.25) is 0 Å². The number of para-hydroxylation sites is 3. The number of imide groups is 2. The van der Waals surface area contributed by atoms with Crippen LogP contribution in [0.25, 0.3) is 53.6 Å². The average molecular weight is 1830 g/mol. The van der Waals surface area contributed by atoms with Crippen molar-refractivity contribution in [2.75, 3.05) is 91.3 Å². The van der Waals surface area contributed by atoms with Crippen molar-refractivity contribution in [1.29, 1.82) is 0 Å². The molecule has 19 rings (SSSR count). The molecule has 7 amide bonds. The van der Waals surface area contributed by atoms with Crippen molar-refractivity contribution < 1.29 is 67.2 Å². The molecule has 6 N–H and O–H groups in total. The molecular formula is C103H95N15O14S2. The predicted molar refractivity (Wildman–Crippen MR) is 512 cm³/mol. The molecule has 3 unspecified atom stereocenters. The number of amides is 7. The highest BCUT2D eigenvalue weighted by molar-refractivity contribution is 7.22. The number of hydrogen-bond acceptors (Lipinski definition) is 24. The Hall–Kier alpha value is -14.9. The minimum atomic E-state index is -1.33. The Balaban J connectivity index is 0.572. The minimum Gasteiger partial charge on any atom is -0.493 e. The molecular weight excluding hydrogens is 1740 g/mol. The van der Waals surface area contributed by atoms with Crippen LogP contribution in [-0.2, 0) is 61.7 Å². The topological polar surface area (TPSA) is 353 Å².